The number of hydrogen-bond donors (Lipinski definition) is 1. The normalized spacial score (nSPS) is 12.0. The first-order chi connectivity index (χ1) is 14.0. The number of benzene rings is 1. The molecular weight excluding hydrogens is 380 g/mol. The number of hydrogen-bond acceptors (Lipinski definition) is 2. The van der Waals surface area contributed by atoms with Gasteiger partial charge >= 0.3 is 0 Å². The summed E-state index contributed by atoms with van der Waals surface area (Å²) in [4.78, 5) is 0.107. The van der Waals surface area contributed by atoms with Gasteiger partial charge in [-0.25, -0.2) is 0 Å². The van der Waals surface area contributed by atoms with Crippen molar-refractivity contribution in [2.45, 2.75) is 127 Å². The molecule has 0 unspecified atom stereocenters. The molecule has 1 rings (SSSR count). The van der Waals surface area contributed by atoms with Crippen LogP contribution in [0, 0.1) is 0 Å². The molecule has 1 N–H and O–H groups in total. The van der Waals surface area contributed by atoms with Crippen LogP contribution in [0.2, 0.25) is 0 Å². The molecule has 0 saturated carbocycles. The molecule has 0 radical (unpaired) electrons. The predicted molar refractivity (Wildman–Crippen MR) is 124 cm³/mol. The van der Waals surface area contributed by atoms with E-state index in [1.54, 1.807) is 12.1 Å². The lowest BCUT2D eigenvalue weighted by Crippen LogP contribution is -2.08. The van der Waals surface area contributed by atoms with Crippen molar-refractivity contribution in [3.8, 4) is 0 Å². The van der Waals surface area contributed by atoms with Gasteiger partial charge in [-0.1, -0.05) is 122 Å². The maximum absolute atomic E-state index is 11.9. The van der Waals surface area contributed by atoms with Crippen LogP contribution < -0.4 is 0 Å². The van der Waals surface area contributed by atoms with E-state index in [1.165, 1.54) is 77.0 Å². The Morgan fingerprint density at radius 1 is 0.690 bits per heavy atom. The highest BCUT2D eigenvalue weighted by molar-refractivity contribution is 7.85. The van der Waals surface area contributed by atoms with Crippen LogP contribution >= 0.6 is 0 Å². The fourth-order valence-electron chi connectivity index (χ4n) is 4.20. The molecular formula is C25H44O3S. The summed E-state index contributed by atoms with van der Waals surface area (Å²) < 4.78 is 33.4. The lowest BCUT2D eigenvalue weighted by Gasteiger charge is -2.20. The first kappa shape index (κ1) is 26.2. The highest BCUT2D eigenvalue weighted by Crippen LogP contribution is 2.33. The Balaban J connectivity index is 2.60. The maximum atomic E-state index is 11.9. The molecule has 3 nitrogen and oxygen atoms in total. The van der Waals surface area contributed by atoms with Crippen molar-refractivity contribution >= 4 is 10.1 Å². The molecule has 0 aliphatic carbocycles. The van der Waals surface area contributed by atoms with Crippen molar-refractivity contribution in [2.24, 2.45) is 0 Å². The minimum absolute atomic E-state index is 0.107. The fraction of sp³-hybridized carbons (Fsp3) is 0.760. The van der Waals surface area contributed by atoms with E-state index in [0.29, 0.717) is 0 Å². The van der Waals surface area contributed by atoms with E-state index in [9.17, 15) is 13.0 Å². The van der Waals surface area contributed by atoms with Crippen LogP contribution in [0.4, 0.5) is 0 Å². The molecule has 1 aromatic rings. The molecule has 0 atom stereocenters. The van der Waals surface area contributed by atoms with Crippen LogP contribution in [0.3, 0.4) is 0 Å². The van der Waals surface area contributed by atoms with E-state index < -0.39 is 10.1 Å². The second-order valence-corrected chi connectivity index (χ2v) is 9.92. The second kappa shape index (κ2) is 15.9. The summed E-state index contributed by atoms with van der Waals surface area (Å²) in [5.74, 6) is 0.222. The fourth-order valence-corrected chi connectivity index (χ4v) is 4.99. The zero-order chi connectivity index (χ0) is 21.4. The minimum atomic E-state index is -4.17. The van der Waals surface area contributed by atoms with Gasteiger partial charge in [-0.2, -0.15) is 8.42 Å². The van der Waals surface area contributed by atoms with Crippen LogP contribution in [-0.2, 0) is 10.1 Å². The van der Waals surface area contributed by atoms with Gasteiger partial charge < -0.3 is 0 Å². The molecule has 1 aromatic carbocycles. The topological polar surface area (TPSA) is 54.4 Å². The van der Waals surface area contributed by atoms with Crippen molar-refractivity contribution in [1.82, 2.24) is 0 Å². The van der Waals surface area contributed by atoms with Gasteiger partial charge in [-0.3, -0.25) is 4.55 Å². The molecule has 0 aliphatic rings. The van der Waals surface area contributed by atoms with Gasteiger partial charge in [0, 0.05) is 0 Å². The zero-order valence-corrected chi connectivity index (χ0v) is 19.7. The Hall–Kier alpha value is -0.870. The quantitative estimate of drug-likeness (QED) is 0.190. The van der Waals surface area contributed by atoms with Gasteiger partial charge in [0.25, 0.3) is 10.1 Å². The molecule has 4 heteroatoms. The summed E-state index contributed by atoms with van der Waals surface area (Å²) >= 11 is 0. The van der Waals surface area contributed by atoms with E-state index in [-0.39, 0.29) is 10.8 Å². The Bertz CT molecular complexity index is 607. The van der Waals surface area contributed by atoms with Crippen LogP contribution in [0.15, 0.2) is 29.2 Å². The Morgan fingerprint density at radius 2 is 1.10 bits per heavy atom. The third-order valence-electron chi connectivity index (χ3n) is 5.95. The molecule has 0 saturated heterocycles. The van der Waals surface area contributed by atoms with Crippen molar-refractivity contribution in [2.75, 3.05) is 0 Å². The number of unbranched alkanes of at least 4 members (excludes halogenated alkanes) is 12. The Kier molecular flexibility index (Phi) is 14.3. The zero-order valence-electron chi connectivity index (χ0n) is 18.9. The van der Waals surface area contributed by atoms with Crippen molar-refractivity contribution in [3.63, 3.8) is 0 Å². The minimum Gasteiger partial charge on any atom is -0.282 e. The van der Waals surface area contributed by atoms with Crippen molar-refractivity contribution in [1.29, 1.82) is 0 Å². The summed E-state index contributed by atoms with van der Waals surface area (Å²) in [7, 11) is -4.17. The maximum Gasteiger partial charge on any atom is 0.294 e. The van der Waals surface area contributed by atoms with Gasteiger partial charge in [0.2, 0.25) is 0 Å². The highest BCUT2D eigenvalue weighted by atomic mass is 32.2. The van der Waals surface area contributed by atoms with E-state index in [4.69, 9.17) is 0 Å². The number of rotatable bonds is 18. The Labute approximate surface area is 180 Å². The van der Waals surface area contributed by atoms with E-state index in [2.05, 4.69) is 13.8 Å². The average molecular weight is 425 g/mol. The molecule has 0 aliphatic heterocycles. The third-order valence-corrected chi connectivity index (χ3v) is 6.88. The van der Waals surface area contributed by atoms with Crippen LogP contribution in [0.1, 0.15) is 128 Å². The summed E-state index contributed by atoms with van der Waals surface area (Å²) in [6.45, 7) is 4.47. The van der Waals surface area contributed by atoms with E-state index >= 15 is 0 Å². The molecule has 0 amide bonds. The van der Waals surface area contributed by atoms with Crippen molar-refractivity contribution < 1.29 is 13.0 Å². The first-order valence-electron chi connectivity index (χ1n) is 12.1. The van der Waals surface area contributed by atoms with Crippen LogP contribution in [0.5, 0.6) is 0 Å². The monoisotopic (exact) mass is 424 g/mol. The Morgan fingerprint density at radius 3 is 1.55 bits per heavy atom. The van der Waals surface area contributed by atoms with Crippen LogP contribution in [0.25, 0.3) is 0 Å². The lowest BCUT2D eigenvalue weighted by atomic mass is 9.88. The van der Waals surface area contributed by atoms with E-state index in [0.717, 1.165) is 31.2 Å². The molecule has 0 bridgehead atoms. The summed E-state index contributed by atoms with van der Waals surface area (Å²) in [6.07, 6.45) is 19.7. The summed E-state index contributed by atoms with van der Waals surface area (Å²) in [6, 6.07) is 7.04. The predicted octanol–water partition coefficient (Wildman–Crippen LogP) is 8.30. The molecule has 0 fully saturated rings. The van der Waals surface area contributed by atoms with Gasteiger partial charge in [-0.05, 0) is 30.4 Å². The lowest BCUT2D eigenvalue weighted by molar-refractivity contribution is 0.465. The SMILES string of the molecule is CCCCCCCCCC(CCCCCCCCC)c1ccccc1S(=O)(=O)O. The second-order valence-electron chi connectivity index (χ2n) is 8.53. The largest absolute Gasteiger partial charge is 0.294 e. The molecule has 0 spiro atoms. The highest BCUT2D eigenvalue weighted by Gasteiger charge is 2.21. The van der Waals surface area contributed by atoms with Crippen molar-refractivity contribution in [3.05, 3.63) is 29.8 Å². The summed E-state index contributed by atoms with van der Waals surface area (Å²) in [5, 5.41) is 0. The van der Waals surface area contributed by atoms with E-state index in [1.807, 2.05) is 12.1 Å². The third kappa shape index (κ3) is 11.8. The van der Waals surface area contributed by atoms with Gasteiger partial charge in [0.05, 0.1) is 4.90 Å². The molecule has 168 valence electrons. The molecule has 29 heavy (non-hydrogen) atoms. The first-order valence-corrected chi connectivity index (χ1v) is 13.5. The van der Waals surface area contributed by atoms with Gasteiger partial charge in [0.15, 0.2) is 0 Å². The smallest absolute Gasteiger partial charge is 0.282 e. The van der Waals surface area contributed by atoms with Gasteiger partial charge in [-0.15, -0.1) is 0 Å². The molecule has 0 aromatic heterocycles. The standard InChI is InChI=1S/C25H44O3S/c1-3-5-7-9-11-13-15-19-23(20-16-14-12-10-8-6-4-2)24-21-17-18-22-25(24)29(26,27)28/h17-18,21-23H,3-16,19-20H2,1-2H3,(H,26,27,28). The molecule has 0 heterocycles. The average Bonchev–Trinajstić information content (AvgIpc) is 2.70. The summed E-state index contributed by atoms with van der Waals surface area (Å²) in [5.41, 5.74) is 0.812. The van der Waals surface area contributed by atoms with Gasteiger partial charge in [0.1, 0.15) is 0 Å². The van der Waals surface area contributed by atoms with Crippen LogP contribution in [-0.4, -0.2) is 13.0 Å².